The Balaban J connectivity index is 1.97. The number of rotatable bonds is 6. The molecule has 1 saturated heterocycles. The smallest absolute Gasteiger partial charge is 0.321 e. The number of carboxylic acid groups (broad SMARTS) is 1. The first kappa shape index (κ1) is 14.8. The summed E-state index contributed by atoms with van der Waals surface area (Å²) in [4.78, 5) is 14.5. The van der Waals surface area contributed by atoms with Crippen molar-refractivity contribution < 1.29 is 14.6 Å². The molecule has 3 N–H and O–H groups in total. The van der Waals surface area contributed by atoms with Gasteiger partial charge in [0.15, 0.2) is 0 Å². The van der Waals surface area contributed by atoms with Crippen LogP contribution in [0.4, 0.5) is 0 Å². The van der Waals surface area contributed by atoms with E-state index in [9.17, 15) is 9.90 Å². The van der Waals surface area contributed by atoms with Crippen LogP contribution in [0.5, 0.6) is 0 Å². The number of ether oxygens (including phenoxy) is 1. The van der Waals surface area contributed by atoms with Crippen molar-refractivity contribution in [2.24, 2.45) is 0 Å². The van der Waals surface area contributed by atoms with Crippen LogP contribution in [0.15, 0.2) is 30.5 Å². The molecule has 1 aliphatic rings. The van der Waals surface area contributed by atoms with Crippen LogP contribution in [0.3, 0.4) is 0 Å². The van der Waals surface area contributed by atoms with Gasteiger partial charge in [0.25, 0.3) is 0 Å². The van der Waals surface area contributed by atoms with E-state index in [0.717, 1.165) is 28.6 Å². The van der Waals surface area contributed by atoms with Crippen molar-refractivity contribution >= 4 is 22.9 Å². The minimum Gasteiger partial charge on any atom is -0.480 e. The molecule has 2 atom stereocenters. The fourth-order valence-electron chi connectivity index (χ4n) is 2.59. The summed E-state index contributed by atoms with van der Waals surface area (Å²) in [6.07, 6.45) is 6.45. The number of likely N-dealkylation sites (N-methyl/N-ethyl adjacent to an activating group) is 1. The molecule has 2 heterocycles. The number of hydrogen-bond acceptors (Lipinski definition) is 3. The molecule has 1 fully saturated rings. The van der Waals surface area contributed by atoms with Crippen LogP contribution in [0.1, 0.15) is 18.1 Å². The molecule has 1 unspecified atom stereocenters. The summed E-state index contributed by atoms with van der Waals surface area (Å²) >= 11 is 0. The number of aromatic nitrogens is 1. The molecular formula is C17H20N2O3. The third kappa shape index (κ3) is 2.91. The van der Waals surface area contributed by atoms with E-state index in [-0.39, 0.29) is 5.60 Å². The van der Waals surface area contributed by atoms with Gasteiger partial charge >= 0.3 is 5.97 Å². The lowest BCUT2D eigenvalue weighted by atomic mass is 10.00. The Kier molecular flexibility index (Phi) is 3.76. The lowest BCUT2D eigenvalue weighted by molar-refractivity contribution is -0.139. The van der Waals surface area contributed by atoms with Crippen molar-refractivity contribution in [2.45, 2.75) is 25.0 Å². The predicted octanol–water partition coefficient (Wildman–Crippen LogP) is 2.19. The zero-order valence-electron chi connectivity index (χ0n) is 12.7. The molecule has 116 valence electrons. The van der Waals surface area contributed by atoms with Crippen molar-refractivity contribution in [1.29, 1.82) is 0 Å². The molecular weight excluding hydrogens is 280 g/mol. The highest BCUT2D eigenvalue weighted by Gasteiger charge is 2.35. The van der Waals surface area contributed by atoms with Crippen LogP contribution < -0.4 is 5.32 Å². The van der Waals surface area contributed by atoms with Gasteiger partial charge in [-0.3, -0.25) is 4.79 Å². The van der Waals surface area contributed by atoms with Gasteiger partial charge < -0.3 is 20.1 Å². The van der Waals surface area contributed by atoms with Gasteiger partial charge in [-0.2, -0.15) is 0 Å². The van der Waals surface area contributed by atoms with Crippen LogP contribution in [0, 0.1) is 0 Å². The number of hydrogen-bond donors (Lipinski definition) is 3. The molecule has 0 aliphatic carbocycles. The standard InChI is InChI=1S/C17H20N2O3/c1-17(10-22-17)7-6-11-4-3-5-13-15(11)12(9-19-13)8-14(18-2)16(20)21/h3-7,9,14,18-19H,8,10H2,1-2H3,(H,20,21)/t14-,17?/m0/s1. The molecule has 0 bridgehead atoms. The highest BCUT2D eigenvalue weighted by atomic mass is 16.6. The van der Waals surface area contributed by atoms with Crippen LogP contribution in [0.25, 0.3) is 17.0 Å². The summed E-state index contributed by atoms with van der Waals surface area (Å²) < 4.78 is 5.37. The quantitative estimate of drug-likeness (QED) is 0.715. The number of aromatic amines is 1. The summed E-state index contributed by atoms with van der Waals surface area (Å²) in [7, 11) is 1.67. The Morgan fingerprint density at radius 3 is 3.00 bits per heavy atom. The van der Waals surface area contributed by atoms with E-state index < -0.39 is 12.0 Å². The molecule has 0 radical (unpaired) electrons. The average molecular weight is 300 g/mol. The number of carbonyl (C=O) groups is 1. The predicted molar refractivity (Wildman–Crippen MR) is 85.9 cm³/mol. The molecule has 0 spiro atoms. The van der Waals surface area contributed by atoms with Gasteiger partial charge in [-0.15, -0.1) is 0 Å². The molecule has 1 aromatic heterocycles. The van der Waals surface area contributed by atoms with Crippen LogP contribution in [-0.2, 0) is 16.0 Å². The first-order valence-corrected chi connectivity index (χ1v) is 7.35. The summed E-state index contributed by atoms with van der Waals surface area (Å²) in [5.41, 5.74) is 2.94. The fraction of sp³-hybridized carbons (Fsp3) is 0.353. The molecule has 5 nitrogen and oxygen atoms in total. The summed E-state index contributed by atoms with van der Waals surface area (Å²) in [5, 5.41) is 13.1. The molecule has 22 heavy (non-hydrogen) atoms. The van der Waals surface area contributed by atoms with E-state index in [1.807, 2.05) is 31.3 Å². The summed E-state index contributed by atoms with van der Waals surface area (Å²) in [6, 6.07) is 5.43. The number of nitrogens with one attached hydrogen (secondary N) is 2. The largest absolute Gasteiger partial charge is 0.480 e. The lowest BCUT2D eigenvalue weighted by Gasteiger charge is -2.11. The maximum absolute atomic E-state index is 11.2. The Morgan fingerprint density at radius 2 is 2.36 bits per heavy atom. The van der Waals surface area contributed by atoms with Gasteiger partial charge in [0.05, 0.1) is 6.61 Å². The fourth-order valence-corrected chi connectivity index (χ4v) is 2.59. The van der Waals surface area contributed by atoms with Gasteiger partial charge in [0.2, 0.25) is 0 Å². The highest BCUT2D eigenvalue weighted by molar-refractivity contribution is 5.92. The van der Waals surface area contributed by atoms with E-state index in [4.69, 9.17) is 4.74 Å². The second kappa shape index (κ2) is 5.59. The van der Waals surface area contributed by atoms with Crippen molar-refractivity contribution in [2.75, 3.05) is 13.7 Å². The van der Waals surface area contributed by atoms with Crippen molar-refractivity contribution in [3.05, 3.63) is 41.6 Å². The Morgan fingerprint density at radius 1 is 1.59 bits per heavy atom. The highest BCUT2D eigenvalue weighted by Crippen LogP contribution is 2.30. The van der Waals surface area contributed by atoms with E-state index in [1.165, 1.54) is 0 Å². The molecule has 1 aliphatic heterocycles. The molecule has 5 heteroatoms. The maximum atomic E-state index is 11.2. The second-order valence-electron chi connectivity index (χ2n) is 5.90. The minimum atomic E-state index is -0.844. The van der Waals surface area contributed by atoms with E-state index >= 15 is 0 Å². The van der Waals surface area contributed by atoms with Crippen LogP contribution in [0.2, 0.25) is 0 Å². The van der Waals surface area contributed by atoms with Gasteiger partial charge in [0, 0.05) is 23.5 Å². The molecule has 1 aromatic carbocycles. The van der Waals surface area contributed by atoms with Crippen molar-refractivity contribution in [3.63, 3.8) is 0 Å². The SMILES string of the molecule is CN[C@@H](Cc1c[nH]c2cccc(C=CC3(C)CO3)c12)C(=O)O. The monoisotopic (exact) mass is 300 g/mol. The first-order valence-electron chi connectivity index (χ1n) is 7.35. The third-order valence-electron chi connectivity index (χ3n) is 4.11. The number of fused-ring (bicyclic) bond motifs is 1. The normalized spacial score (nSPS) is 22.3. The lowest BCUT2D eigenvalue weighted by Crippen LogP contribution is -2.35. The zero-order chi connectivity index (χ0) is 15.7. The Bertz CT molecular complexity index is 729. The van der Waals surface area contributed by atoms with E-state index in [0.29, 0.717) is 6.42 Å². The average Bonchev–Trinajstić information content (AvgIpc) is 3.09. The molecule has 3 rings (SSSR count). The van der Waals surface area contributed by atoms with Gasteiger partial charge in [-0.05, 0) is 31.2 Å². The number of carboxylic acids is 1. The Labute approximate surface area is 129 Å². The Hall–Kier alpha value is -2.11. The van der Waals surface area contributed by atoms with Crippen molar-refractivity contribution in [3.8, 4) is 0 Å². The molecule has 0 amide bonds. The third-order valence-corrected chi connectivity index (χ3v) is 4.11. The first-order chi connectivity index (χ1) is 10.5. The maximum Gasteiger partial charge on any atom is 0.321 e. The number of H-pyrrole nitrogens is 1. The van der Waals surface area contributed by atoms with E-state index in [1.54, 1.807) is 7.05 Å². The minimum absolute atomic E-state index is 0.146. The van der Waals surface area contributed by atoms with Gasteiger partial charge in [-0.25, -0.2) is 0 Å². The van der Waals surface area contributed by atoms with Crippen molar-refractivity contribution in [1.82, 2.24) is 10.3 Å². The topological polar surface area (TPSA) is 77.7 Å². The summed E-state index contributed by atoms with van der Waals surface area (Å²) in [5.74, 6) is -0.844. The molecule has 0 saturated carbocycles. The number of benzene rings is 1. The van der Waals surface area contributed by atoms with Gasteiger partial charge in [-0.1, -0.05) is 24.3 Å². The zero-order valence-corrected chi connectivity index (χ0v) is 12.7. The number of epoxide rings is 1. The molecule has 2 aromatic rings. The van der Waals surface area contributed by atoms with Crippen LogP contribution in [-0.4, -0.2) is 41.4 Å². The van der Waals surface area contributed by atoms with Gasteiger partial charge in [0.1, 0.15) is 11.6 Å². The summed E-state index contributed by atoms with van der Waals surface area (Å²) in [6.45, 7) is 2.80. The van der Waals surface area contributed by atoms with Crippen LogP contribution >= 0.6 is 0 Å². The van der Waals surface area contributed by atoms with E-state index in [2.05, 4.69) is 22.5 Å². The second-order valence-corrected chi connectivity index (χ2v) is 5.90. The number of aliphatic carboxylic acids is 1.